The molecule has 128 valence electrons. The zero-order chi connectivity index (χ0) is 18.2. The van der Waals surface area contributed by atoms with Crippen molar-refractivity contribution < 1.29 is 0 Å². The van der Waals surface area contributed by atoms with Crippen LogP contribution < -0.4 is 0 Å². The van der Waals surface area contributed by atoms with Gasteiger partial charge in [-0.3, -0.25) is 0 Å². The van der Waals surface area contributed by atoms with E-state index in [2.05, 4.69) is 119 Å². The first-order valence-electron chi connectivity index (χ1n) is 9.06. The van der Waals surface area contributed by atoms with Gasteiger partial charge in [-0.1, -0.05) is 101 Å². The van der Waals surface area contributed by atoms with Crippen molar-refractivity contribution in [3.05, 3.63) is 108 Å². The smallest absolute Gasteiger partial charge is 0.0175 e. The van der Waals surface area contributed by atoms with Gasteiger partial charge in [0.1, 0.15) is 0 Å². The van der Waals surface area contributed by atoms with Gasteiger partial charge in [0.05, 0.1) is 0 Å². The first-order chi connectivity index (χ1) is 13.3. The Kier molecular flexibility index (Phi) is 4.03. The standard InChI is InChI=1S/C26H17Br/c27-22-15-13-19(14-16-22)18-9-11-20(12-10-18)26-17-21-5-1-2-6-23(21)24-7-3-4-8-25(24)26/h1-17H. The highest BCUT2D eigenvalue weighted by Crippen LogP contribution is 2.35. The third-order valence-electron chi connectivity index (χ3n) is 5.14. The molecule has 0 spiro atoms. The molecule has 0 aromatic heterocycles. The summed E-state index contributed by atoms with van der Waals surface area (Å²) >= 11 is 3.50. The van der Waals surface area contributed by atoms with Gasteiger partial charge in [-0.15, -0.1) is 0 Å². The lowest BCUT2D eigenvalue weighted by Crippen LogP contribution is -1.85. The molecule has 5 aromatic rings. The van der Waals surface area contributed by atoms with Crippen molar-refractivity contribution in [1.29, 1.82) is 0 Å². The Morgan fingerprint density at radius 3 is 1.67 bits per heavy atom. The van der Waals surface area contributed by atoms with Gasteiger partial charge in [-0.2, -0.15) is 0 Å². The van der Waals surface area contributed by atoms with Crippen molar-refractivity contribution >= 4 is 37.5 Å². The second kappa shape index (κ2) is 6.68. The number of benzene rings is 5. The number of rotatable bonds is 2. The Hall–Kier alpha value is -2.90. The van der Waals surface area contributed by atoms with Crippen LogP contribution in [0.3, 0.4) is 0 Å². The van der Waals surface area contributed by atoms with Gasteiger partial charge in [0.2, 0.25) is 0 Å². The minimum atomic E-state index is 1.10. The SMILES string of the molecule is Brc1ccc(-c2ccc(-c3cc4ccccc4c4ccccc34)cc2)cc1. The summed E-state index contributed by atoms with van der Waals surface area (Å²) in [4.78, 5) is 0. The van der Waals surface area contributed by atoms with Crippen LogP contribution >= 0.6 is 15.9 Å². The van der Waals surface area contributed by atoms with Crippen LogP contribution in [0, 0.1) is 0 Å². The van der Waals surface area contributed by atoms with E-state index in [1.54, 1.807) is 0 Å². The molecule has 0 saturated carbocycles. The topological polar surface area (TPSA) is 0 Å². The maximum atomic E-state index is 3.50. The van der Waals surface area contributed by atoms with Crippen molar-refractivity contribution in [1.82, 2.24) is 0 Å². The third-order valence-corrected chi connectivity index (χ3v) is 5.67. The van der Waals surface area contributed by atoms with E-state index in [4.69, 9.17) is 0 Å². The maximum Gasteiger partial charge on any atom is 0.0175 e. The summed E-state index contributed by atoms with van der Waals surface area (Å²) in [6.07, 6.45) is 0. The molecule has 0 bridgehead atoms. The zero-order valence-corrected chi connectivity index (χ0v) is 16.3. The Bertz CT molecular complexity index is 1250. The molecule has 0 fully saturated rings. The number of halogens is 1. The van der Waals surface area contributed by atoms with Crippen LogP contribution in [-0.4, -0.2) is 0 Å². The Labute approximate surface area is 167 Å². The van der Waals surface area contributed by atoms with E-state index < -0.39 is 0 Å². The number of fused-ring (bicyclic) bond motifs is 3. The van der Waals surface area contributed by atoms with Crippen LogP contribution in [0.15, 0.2) is 108 Å². The molecule has 0 amide bonds. The number of hydrogen-bond acceptors (Lipinski definition) is 0. The van der Waals surface area contributed by atoms with Crippen LogP contribution in [-0.2, 0) is 0 Å². The van der Waals surface area contributed by atoms with Crippen LogP contribution in [0.25, 0.3) is 43.8 Å². The van der Waals surface area contributed by atoms with Crippen LogP contribution in [0.5, 0.6) is 0 Å². The quantitative estimate of drug-likeness (QED) is 0.259. The van der Waals surface area contributed by atoms with Gasteiger partial charge in [0.15, 0.2) is 0 Å². The molecule has 0 heterocycles. The molecule has 0 radical (unpaired) electrons. The van der Waals surface area contributed by atoms with Crippen LogP contribution in [0.4, 0.5) is 0 Å². The molecule has 0 aliphatic carbocycles. The van der Waals surface area contributed by atoms with Crippen molar-refractivity contribution in [2.24, 2.45) is 0 Å². The summed E-state index contributed by atoms with van der Waals surface area (Å²) in [7, 11) is 0. The molecule has 0 atom stereocenters. The van der Waals surface area contributed by atoms with E-state index in [1.807, 2.05) is 0 Å². The van der Waals surface area contributed by atoms with E-state index in [0.717, 1.165) is 4.47 Å². The van der Waals surface area contributed by atoms with Gasteiger partial charge in [-0.05, 0) is 62.0 Å². The Morgan fingerprint density at radius 1 is 0.444 bits per heavy atom. The fourth-order valence-electron chi connectivity index (χ4n) is 3.78. The van der Waals surface area contributed by atoms with Gasteiger partial charge >= 0.3 is 0 Å². The van der Waals surface area contributed by atoms with Crippen LogP contribution in [0.2, 0.25) is 0 Å². The summed E-state index contributed by atoms with van der Waals surface area (Å²) in [5.41, 5.74) is 4.99. The fourth-order valence-corrected chi connectivity index (χ4v) is 4.04. The van der Waals surface area contributed by atoms with E-state index >= 15 is 0 Å². The van der Waals surface area contributed by atoms with Crippen LogP contribution in [0.1, 0.15) is 0 Å². The van der Waals surface area contributed by atoms with Crippen molar-refractivity contribution in [2.45, 2.75) is 0 Å². The normalized spacial score (nSPS) is 11.1. The average Bonchev–Trinajstić information content (AvgIpc) is 2.74. The first-order valence-corrected chi connectivity index (χ1v) is 9.86. The van der Waals surface area contributed by atoms with Crippen molar-refractivity contribution in [3.63, 3.8) is 0 Å². The Morgan fingerprint density at radius 2 is 0.963 bits per heavy atom. The monoisotopic (exact) mass is 408 g/mol. The van der Waals surface area contributed by atoms with Crippen molar-refractivity contribution in [3.8, 4) is 22.3 Å². The predicted molar refractivity (Wildman–Crippen MR) is 120 cm³/mol. The average molecular weight is 409 g/mol. The van der Waals surface area contributed by atoms with Gasteiger partial charge < -0.3 is 0 Å². The van der Waals surface area contributed by atoms with Gasteiger partial charge in [-0.25, -0.2) is 0 Å². The maximum absolute atomic E-state index is 3.50. The molecular formula is C26H17Br. The van der Waals surface area contributed by atoms with Crippen molar-refractivity contribution in [2.75, 3.05) is 0 Å². The highest BCUT2D eigenvalue weighted by atomic mass is 79.9. The molecule has 0 unspecified atom stereocenters. The van der Waals surface area contributed by atoms with E-state index in [-0.39, 0.29) is 0 Å². The number of hydrogen-bond donors (Lipinski definition) is 0. The fraction of sp³-hybridized carbons (Fsp3) is 0. The molecule has 0 saturated heterocycles. The lowest BCUT2D eigenvalue weighted by molar-refractivity contribution is 1.59. The Balaban J connectivity index is 1.67. The molecule has 0 nitrogen and oxygen atoms in total. The van der Waals surface area contributed by atoms with E-state index in [9.17, 15) is 0 Å². The molecule has 1 heteroatoms. The molecule has 0 aliphatic heterocycles. The zero-order valence-electron chi connectivity index (χ0n) is 14.7. The molecule has 0 aliphatic rings. The molecule has 27 heavy (non-hydrogen) atoms. The second-order valence-electron chi connectivity index (χ2n) is 6.78. The van der Waals surface area contributed by atoms with Gasteiger partial charge in [0.25, 0.3) is 0 Å². The molecule has 5 aromatic carbocycles. The summed E-state index contributed by atoms with van der Waals surface area (Å²) < 4.78 is 1.10. The first kappa shape index (κ1) is 16.3. The van der Waals surface area contributed by atoms with E-state index in [1.165, 1.54) is 43.8 Å². The highest BCUT2D eigenvalue weighted by Gasteiger charge is 2.08. The minimum absolute atomic E-state index is 1.10. The largest absolute Gasteiger partial charge is 0.0616 e. The highest BCUT2D eigenvalue weighted by molar-refractivity contribution is 9.10. The second-order valence-corrected chi connectivity index (χ2v) is 7.69. The summed E-state index contributed by atoms with van der Waals surface area (Å²) in [5.74, 6) is 0. The predicted octanol–water partition coefficient (Wildman–Crippen LogP) is 8.09. The lowest BCUT2D eigenvalue weighted by Gasteiger charge is -2.12. The molecular weight excluding hydrogens is 392 g/mol. The summed E-state index contributed by atoms with van der Waals surface area (Å²) in [6.45, 7) is 0. The summed E-state index contributed by atoms with van der Waals surface area (Å²) in [5, 5.41) is 5.20. The minimum Gasteiger partial charge on any atom is -0.0616 e. The molecule has 5 rings (SSSR count). The summed E-state index contributed by atoms with van der Waals surface area (Å²) in [6, 6.07) is 37.0. The van der Waals surface area contributed by atoms with Gasteiger partial charge in [0, 0.05) is 4.47 Å². The lowest BCUT2D eigenvalue weighted by atomic mass is 9.92. The molecule has 0 N–H and O–H groups in total. The van der Waals surface area contributed by atoms with E-state index in [0.29, 0.717) is 0 Å². The third kappa shape index (κ3) is 2.94.